The van der Waals surface area contributed by atoms with Gasteiger partial charge in [0.1, 0.15) is 0 Å². The number of carbonyl (C=O) groups excluding carboxylic acids is 2. The topological polar surface area (TPSA) is 91.1 Å². The predicted octanol–water partition coefficient (Wildman–Crippen LogP) is 1.85. The Labute approximate surface area is 141 Å². The number of likely N-dealkylation sites (tertiary alicyclic amines) is 1. The summed E-state index contributed by atoms with van der Waals surface area (Å²) in [5, 5.41) is 0. The number of hydrogen-bond donors (Lipinski definition) is 1. The number of esters is 1. The van der Waals surface area contributed by atoms with E-state index in [-0.39, 0.29) is 18.3 Å². The van der Waals surface area contributed by atoms with Crippen LogP contribution in [0.3, 0.4) is 0 Å². The van der Waals surface area contributed by atoms with E-state index in [0.29, 0.717) is 35.8 Å². The molecule has 7 heteroatoms. The summed E-state index contributed by atoms with van der Waals surface area (Å²) in [6.45, 7) is 1.84. The van der Waals surface area contributed by atoms with Crippen molar-refractivity contribution in [1.82, 2.24) is 4.90 Å². The van der Waals surface area contributed by atoms with E-state index in [1.807, 2.05) is 0 Å². The highest BCUT2D eigenvalue weighted by molar-refractivity contribution is 6.00. The molecule has 0 radical (unpaired) electrons. The first-order valence-corrected chi connectivity index (χ1v) is 8.03. The number of carbonyl (C=O) groups is 2. The number of nitrogen functional groups attached to an aromatic ring is 1. The van der Waals surface area contributed by atoms with E-state index in [4.69, 9.17) is 15.2 Å². The summed E-state index contributed by atoms with van der Waals surface area (Å²) >= 11 is 0. The van der Waals surface area contributed by atoms with E-state index in [2.05, 4.69) is 4.74 Å². The Hall–Kier alpha value is -2.44. The van der Waals surface area contributed by atoms with Gasteiger partial charge in [-0.2, -0.15) is 0 Å². The predicted molar refractivity (Wildman–Crippen MR) is 89.3 cm³/mol. The van der Waals surface area contributed by atoms with Crippen LogP contribution in [0.2, 0.25) is 0 Å². The van der Waals surface area contributed by atoms with Crippen molar-refractivity contribution >= 4 is 17.6 Å². The second-order valence-corrected chi connectivity index (χ2v) is 5.62. The van der Waals surface area contributed by atoms with Crippen LogP contribution in [-0.4, -0.2) is 50.7 Å². The highest BCUT2D eigenvalue weighted by Crippen LogP contribution is 2.33. The molecule has 0 aliphatic carbocycles. The molecule has 0 aromatic heterocycles. The number of nitrogens with two attached hydrogens (primary N) is 1. The van der Waals surface area contributed by atoms with Crippen LogP contribution in [0, 0.1) is 0 Å². The van der Waals surface area contributed by atoms with E-state index in [1.54, 1.807) is 17.0 Å². The standard InChI is InChI=1S/C17H24N2O5/c1-22-14-10-12(17(21)19-7-3-4-8-19)13(18)11-15(14)24-9-5-6-16(20)23-2/h10-11H,3-9,18H2,1-2H3. The maximum absolute atomic E-state index is 12.5. The summed E-state index contributed by atoms with van der Waals surface area (Å²) in [5.41, 5.74) is 6.81. The molecule has 0 saturated carbocycles. The van der Waals surface area contributed by atoms with Crippen LogP contribution >= 0.6 is 0 Å². The Morgan fingerprint density at radius 3 is 2.50 bits per heavy atom. The lowest BCUT2D eigenvalue weighted by Gasteiger charge is -2.18. The third-order valence-corrected chi connectivity index (χ3v) is 3.97. The van der Waals surface area contributed by atoms with Gasteiger partial charge >= 0.3 is 5.97 Å². The smallest absolute Gasteiger partial charge is 0.305 e. The van der Waals surface area contributed by atoms with E-state index in [1.165, 1.54) is 14.2 Å². The third-order valence-electron chi connectivity index (χ3n) is 3.97. The summed E-state index contributed by atoms with van der Waals surface area (Å²) in [6, 6.07) is 3.21. The zero-order valence-electron chi connectivity index (χ0n) is 14.2. The molecule has 1 aliphatic rings. The molecule has 0 atom stereocenters. The van der Waals surface area contributed by atoms with E-state index in [9.17, 15) is 9.59 Å². The molecule has 1 aliphatic heterocycles. The van der Waals surface area contributed by atoms with Gasteiger partial charge in [-0.05, 0) is 25.3 Å². The maximum atomic E-state index is 12.5. The lowest BCUT2D eigenvalue weighted by Crippen LogP contribution is -2.28. The molecule has 0 spiro atoms. The summed E-state index contributed by atoms with van der Waals surface area (Å²) in [6.07, 6.45) is 2.83. The number of nitrogens with zero attached hydrogens (tertiary/aromatic N) is 1. The average Bonchev–Trinajstić information content (AvgIpc) is 3.12. The van der Waals surface area contributed by atoms with Crippen LogP contribution in [0.5, 0.6) is 11.5 Å². The van der Waals surface area contributed by atoms with Gasteiger partial charge in [0.05, 0.1) is 26.4 Å². The van der Waals surface area contributed by atoms with Crippen LogP contribution < -0.4 is 15.2 Å². The molecule has 1 aromatic rings. The number of amides is 1. The maximum Gasteiger partial charge on any atom is 0.305 e. The fraction of sp³-hybridized carbons (Fsp3) is 0.529. The molecular formula is C17H24N2O5. The number of ether oxygens (including phenoxy) is 3. The first-order valence-electron chi connectivity index (χ1n) is 8.03. The molecule has 1 fully saturated rings. The van der Waals surface area contributed by atoms with Crippen molar-refractivity contribution in [1.29, 1.82) is 0 Å². The zero-order chi connectivity index (χ0) is 17.5. The van der Waals surface area contributed by atoms with Gasteiger partial charge in [0.25, 0.3) is 5.91 Å². The van der Waals surface area contributed by atoms with Crippen LogP contribution in [0.1, 0.15) is 36.0 Å². The van der Waals surface area contributed by atoms with E-state index >= 15 is 0 Å². The summed E-state index contributed by atoms with van der Waals surface area (Å²) in [5.74, 6) is 0.542. The SMILES string of the molecule is COC(=O)CCCOc1cc(N)c(C(=O)N2CCCC2)cc1OC. The van der Waals surface area contributed by atoms with Crippen LogP contribution in [0.4, 0.5) is 5.69 Å². The Bertz CT molecular complexity index is 597. The highest BCUT2D eigenvalue weighted by atomic mass is 16.5. The molecule has 0 unspecified atom stereocenters. The molecule has 1 saturated heterocycles. The Kier molecular flexibility index (Phi) is 6.28. The fourth-order valence-corrected chi connectivity index (χ4v) is 2.62. The van der Waals surface area contributed by atoms with Gasteiger partial charge in [-0.3, -0.25) is 9.59 Å². The molecule has 2 N–H and O–H groups in total. The normalized spacial score (nSPS) is 13.7. The Balaban J connectivity index is 2.06. The number of hydrogen-bond acceptors (Lipinski definition) is 6. The molecule has 1 aromatic carbocycles. The monoisotopic (exact) mass is 336 g/mol. The average molecular weight is 336 g/mol. The fourth-order valence-electron chi connectivity index (χ4n) is 2.62. The largest absolute Gasteiger partial charge is 0.493 e. The summed E-state index contributed by atoms with van der Waals surface area (Å²) < 4.78 is 15.5. The first-order chi connectivity index (χ1) is 11.6. The third kappa shape index (κ3) is 4.31. The lowest BCUT2D eigenvalue weighted by molar-refractivity contribution is -0.140. The van der Waals surface area contributed by atoms with Gasteiger partial charge < -0.3 is 24.8 Å². The second kappa shape index (κ2) is 8.42. The first kappa shape index (κ1) is 17.9. The minimum atomic E-state index is -0.281. The van der Waals surface area contributed by atoms with Crippen molar-refractivity contribution in [2.24, 2.45) is 0 Å². The minimum absolute atomic E-state index is 0.0828. The van der Waals surface area contributed by atoms with Gasteiger partial charge in [0.15, 0.2) is 11.5 Å². The number of rotatable bonds is 7. The van der Waals surface area contributed by atoms with Crippen LogP contribution in [-0.2, 0) is 9.53 Å². The van der Waals surface area contributed by atoms with Crippen molar-refractivity contribution in [2.75, 3.05) is 39.6 Å². The minimum Gasteiger partial charge on any atom is -0.493 e. The summed E-state index contributed by atoms with van der Waals surface area (Å²) in [4.78, 5) is 25.4. The van der Waals surface area contributed by atoms with Gasteiger partial charge in [0.2, 0.25) is 0 Å². The van der Waals surface area contributed by atoms with E-state index < -0.39 is 0 Å². The van der Waals surface area contributed by atoms with Gasteiger partial charge in [-0.1, -0.05) is 0 Å². The molecule has 7 nitrogen and oxygen atoms in total. The van der Waals surface area contributed by atoms with E-state index in [0.717, 1.165) is 25.9 Å². The molecule has 2 rings (SSSR count). The number of methoxy groups -OCH3 is 2. The van der Waals surface area contributed by atoms with Crippen LogP contribution in [0.15, 0.2) is 12.1 Å². The molecule has 1 amide bonds. The molecule has 0 bridgehead atoms. The molecule has 24 heavy (non-hydrogen) atoms. The number of anilines is 1. The Morgan fingerprint density at radius 1 is 1.17 bits per heavy atom. The van der Waals surface area contributed by atoms with Crippen molar-refractivity contribution < 1.29 is 23.8 Å². The zero-order valence-corrected chi connectivity index (χ0v) is 14.2. The lowest BCUT2D eigenvalue weighted by atomic mass is 10.1. The van der Waals surface area contributed by atoms with Gasteiger partial charge in [0, 0.05) is 31.3 Å². The second-order valence-electron chi connectivity index (χ2n) is 5.62. The van der Waals surface area contributed by atoms with Gasteiger partial charge in [-0.25, -0.2) is 0 Å². The Morgan fingerprint density at radius 2 is 1.88 bits per heavy atom. The molecule has 1 heterocycles. The summed E-state index contributed by atoms with van der Waals surface area (Å²) in [7, 11) is 2.86. The highest BCUT2D eigenvalue weighted by Gasteiger charge is 2.23. The van der Waals surface area contributed by atoms with Gasteiger partial charge in [-0.15, -0.1) is 0 Å². The molecule has 132 valence electrons. The quantitative estimate of drug-likeness (QED) is 0.464. The number of benzene rings is 1. The van der Waals surface area contributed by atoms with Crippen LogP contribution in [0.25, 0.3) is 0 Å². The molecular weight excluding hydrogens is 312 g/mol. The van der Waals surface area contributed by atoms with Crippen molar-refractivity contribution in [3.05, 3.63) is 17.7 Å². The van der Waals surface area contributed by atoms with Crippen molar-refractivity contribution in [3.63, 3.8) is 0 Å². The van der Waals surface area contributed by atoms with Crippen molar-refractivity contribution in [3.8, 4) is 11.5 Å². The van der Waals surface area contributed by atoms with Crippen molar-refractivity contribution in [2.45, 2.75) is 25.7 Å².